The van der Waals surface area contributed by atoms with Crippen LogP contribution in [0.1, 0.15) is 29.6 Å². The van der Waals surface area contributed by atoms with Gasteiger partial charge in [0, 0.05) is 31.0 Å². The van der Waals surface area contributed by atoms with Crippen LogP contribution >= 0.6 is 12.4 Å². The molecule has 1 N–H and O–H groups in total. The van der Waals surface area contributed by atoms with Crippen molar-refractivity contribution in [3.63, 3.8) is 0 Å². The average molecular weight is 389 g/mol. The first-order valence-corrected chi connectivity index (χ1v) is 8.48. The number of ketones is 1. The second kappa shape index (κ2) is 8.31. The van der Waals surface area contributed by atoms with Gasteiger partial charge in [0.25, 0.3) is 5.92 Å². The molecule has 2 aliphatic heterocycles. The van der Waals surface area contributed by atoms with Gasteiger partial charge in [0.05, 0.1) is 19.7 Å². The first-order chi connectivity index (χ1) is 11.9. The van der Waals surface area contributed by atoms with E-state index in [0.29, 0.717) is 37.2 Å². The summed E-state index contributed by atoms with van der Waals surface area (Å²) in [5.74, 6) is -2.50. The zero-order valence-electron chi connectivity index (χ0n) is 14.5. The molecule has 2 fully saturated rings. The maximum atomic E-state index is 13.2. The van der Waals surface area contributed by atoms with Crippen molar-refractivity contribution < 1.29 is 23.1 Å². The third-order valence-electron chi connectivity index (χ3n) is 4.96. The van der Waals surface area contributed by atoms with E-state index in [1.807, 2.05) is 0 Å². The van der Waals surface area contributed by atoms with E-state index in [-0.39, 0.29) is 30.0 Å². The average Bonchev–Trinajstić information content (AvgIpc) is 3.00. The zero-order chi connectivity index (χ0) is 18.0. The van der Waals surface area contributed by atoms with Crippen molar-refractivity contribution in [3.8, 4) is 5.75 Å². The number of hydrogen-bond donors (Lipinski definition) is 1. The molecular weight excluding hydrogens is 366 g/mol. The predicted octanol–water partition coefficient (Wildman–Crippen LogP) is 2.54. The van der Waals surface area contributed by atoms with Gasteiger partial charge in [0.2, 0.25) is 5.91 Å². The number of rotatable bonds is 4. The third kappa shape index (κ3) is 4.51. The topological polar surface area (TPSA) is 58.6 Å². The first-order valence-electron chi connectivity index (χ1n) is 8.48. The van der Waals surface area contributed by atoms with Crippen molar-refractivity contribution in [1.82, 2.24) is 10.2 Å². The maximum absolute atomic E-state index is 13.2. The summed E-state index contributed by atoms with van der Waals surface area (Å²) >= 11 is 0. The van der Waals surface area contributed by atoms with E-state index in [0.717, 1.165) is 0 Å². The molecule has 0 spiro atoms. The first kappa shape index (κ1) is 20.6. The Bertz CT molecular complexity index is 646. The highest BCUT2D eigenvalue weighted by atomic mass is 35.5. The largest absolute Gasteiger partial charge is 0.497 e. The van der Waals surface area contributed by atoms with Crippen LogP contribution in [0.5, 0.6) is 5.75 Å². The normalized spacial score (nSPS) is 22.6. The minimum atomic E-state index is -2.82. The second-order valence-corrected chi connectivity index (χ2v) is 6.69. The van der Waals surface area contributed by atoms with Crippen LogP contribution in [0.2, 0.25) is 0 Å². The Kier molecular flexibility index (Phi) is 6.58. The van der Waals surface area contributed by atoms with Crippen LogP contribution in [0.4, 0.5) is 8.78 Å². The summed E-state index contributed by atoms with van der Waals surface area (Å²) in [6, 6.07) is 6.16. The Morgan fingerprint density at radius 2 is 1.81 bits per heavy atom. The van der Waals surface area contributed by atoms with Crippen LogP contribution < -0.4 is 10.1 Å². The number of likely N-dealkylation sites (tertiary alicyclic amines) is 1. The van der Waals surface area contributed by atoms with Crippen molar-refractivity contribution in [2.45, 2.75) is 31.2 Å². The van der Waals surface area contributed by atoms with Gasteiger partial charge in [-0.3, -0.25) is 14.9 Å². The number of nitrogens with one attached hydrogen (secondary N) is 1. The van der Waals surface area contributed by atoms with Gasteiger partial charge in [-0.05, 0) is 37.1 Å². The van der Waals surface area contributed by atoms with Gasteiger partial charge in [-0.25, -0.2) is 8.78 Å². The number of carbonyl (C=O) groups excluding carboxylic acids is 2. The molecule has 144 valence electrons. The standard InChI is InChI=1S/C18H22F2N2O3.ClH/c1-25-14-4-2-12(3-5-14)16(23)13-6-8-22(9-7-13)17(24)15-10-18(19,20)11-21-15;/h2-5,13,15,21H,6-11H2,1H3;1H. The number of nitrogens with zero attached hydrogens (tertiary/aromatic N) is 1. The second-order valence-electron chi connectivity index (χ2n) is 6.69. The van der Waals surface area contributed by atoms with E-state index in [9.17, 15) is 18.4 Å². The number of carbonyl (C=O) groups is 2. The van der Waals surface area contributed by atoms with Crippen LogP contribution in [0.15, 0.2) is 24.3 Å². The molecule has 0 bridgehead atoms. The fourth-order valence-corrected chi connectivity index (χ4v) is 3.46. The van der Waals surface area contributed by atoms with Gasteiger partial charge in [0.1, 0.15) is 5.75 Å². The molecule has 1 amide bonds. The number of piperidine rings is 1. The molecule has 2 aliphatic rings. The molecule has 1 atom stereocenters. The molecule has 0 aromatic heterocycles. The molecule has 0 aliphatic carbocycles. The Labute approximate surface area is 157 Å². The zero-order valence-corrected chi connectivity index (χ0v) is 15.4. The van der Waals surface area contributed by atoms with Crippen molar-refractivity contribution in [2.24, 2.45) is 5.92 Å². The van der Waals surface area contributed by atoms with Crippen molar-refractivity contribution in [1.29, 1.82) is 0 Å². The Morgan fingerprint density at radius 3 is 2.31 bits per heavy atom. The lowest BCUT2D eigenvalue weighted by Crippen LogP contribution is -2.47. The molecule has 3 rings (SSSR count). The van der Waals surface area contributed by atoms with E-state index >= 15 is 0 Å². The molecule has 5 nitrogen and oxygen atoms in total. The van der Waals surface area contributed by atoms with Gasteiger partial charge in [-0.15, -0.1) is 12.4 Å². The van der Waals surface area contributed by atoms with E-state index in [1.165, 1.54) is 0 Å². The molecule has 1 unspecified atom stereocenters. The van der Waals surface area contributed by atoms with E-state index in [1.54, 1.807) is 36.3 Å². The summed E-state index contributed by atoms with van der Waals surface area (Å²) in [5.41, 5.74) is 0.627. The molecule has 2 saturated heterocycles. The van der Waals surface area contributed by atoms with Crippen LogP contribution in [0.25, 0.3) is 0 Å². The Morgan fingerprint density at radius 1 is 1.19 bits per heavy atom. The number of alkyl halides is 2. The monoisotopic (exact) mass is 388 g/mol. The van der Waals surface area contributed by atoms with Crippen LogP contribution in [-0.2, 0) is 4.79 Å². The number of amides is 1. The highest BCUT2D eigenvalue weighted by Gasteiger charge is 2.44. The van der Waals surface area contributed by atoms with Gasteiger partial charge in [-0.2, -0.15) is 0 Å². The molecule has 1 aromatic rings. The third-order valence-corrected chi connectivity index (χ3v) is 4.96. The SMILES string of the molecule is COc1ccc(C(=O)C2CCN(C(=O)C3CC(F)(F)CN3)CC2)cc1.Cl. The number of hydrogen-bond acceptors (Lipinski definition) is 4. The molecule has 0 radical (unpaired) electrons. The van der Waals surface area contributed by atoms with Crippen molar-refractivity contribution in [2.75, 3.05) is 26.7 Å². The lowest BCUT2D eigenvalue weighted by molar-refractivity contribution is -0.135. The molecular formula is C18H23ClF2N2O3. The summed E-state index contributed by atoms with van der Waals surface area (Å²) in [6.07, 6.45) is 0.663. The number of Topliss-reactive ketones (excluding diaryl/α,β-unsaturated/α-hetero) is 1. The van der Waals surface area contributed by atoms with Crippen LogP contribution in [0, 0.1) is 5.92 Å². The quantitative estimate of drug-likeness (QED) is 0.805. The Hall–Kier alpha value is -1.73. The predicted molar refractivity (Wildman–Crippen MR) is 95.2 cm³/mol. The van der Waals surface area contributed by atoms with Gasteiger partial charge in [0.15, 0.2) is 5.78 Å². The summed E-state index contributed by atoms with van der Waals surface area (Å²) < 4.78 is 31.6. The molecule has 0 saturated carbocycles. The summed E-state index contributed by atoms with van der Waals surface area (Å²) in [6.45, 7) is 0.403. The van der Waals surface area contributed by atoms with Gasteiger partial charge >= 0.3 is 0 Å². The smallest absolute Gasteiger partial charge is 0.262 e. The van der Waals surface area contributed by atoms with E-state index in [2.05, 4.69) is 5.32 Å². The number of halogens is 3. The Balaban J connectivity index is 0.00000243. The summed E-state index contributed by atoms with van der Waals surface area (Å²) in [4.78, 5) is 26.5. The highest BCUT2D eigenvalue weighted by molar-refractivity contribution is 5.98. The summed E-state index contributed by atoms with van der Waals surface area (Å²) in [5, 5.41) is 2.59. The lowest BCUT2D eigenvalue weighted by atomic mass is 9.88. The fourth-order valence-electron chi connectivity index (χ4n) is 3.46. The van der Waals surface area contributed by atoms with Crippen LogP contribution in [0.3, 0.4) is 0 Å². The highest BCUT2D eigenvalue weighted by Crippen LogP contribution is 2.28. The number of benzene rings is 1. The van der Waals surface area contributed by atoms with E-state index in [4.69, 9.17) is 4.74 Å². The molecule has 8 heteroatoms. The van der Waals surface area contributed by atoms with Gasteiger partial charge < -0.3 is 9.64 Å². The molecule has 2 heterocycles. The lowest BCUT2D eigenvalue weighted by Gasteiger charge is -2.33. The molecule has 1 aromatic carbocycles. The number of ether oxygens (including phenoxy) is 1. The maximum Gasteiger partial charge on any atom is 0.262 e. The van der Waals surface area contributed by atoms with Gasteiger partial charge in [-0.1, -0.05) is 0 Å². The minimum absolute atomic E-state index is 0. The van der Waals surface area contributed by atoms with Crippen molar-refractivity contribution in [3.05, 3.63) is 29.8 Å². The minimum Gasteiger partial charge on any atom is -0.497 e. The fraction of sp³-hybridized carbons (Fsp3) is 0.556. The van der Waals surface area contributed by atoms with Crippen LogP contribution in [-0.4, -0.2) is 55.3 Å². The summed E-state index contributed by atoms with van der Waals surface area (Å²) in [7, 11) is 1.57. The number of methoxy groups -OCH3 is 1. The molecule has 26 heavy (non-hydrogen) atoms. The van der Waals surface area contributed by atoms with Crippen molar-refractivity contribution >= 4 is 24.1 Å². The van der Waals surface area contributed by atoms with E-state index < -0.39 is 24.9 Å².